The number of hydrogen-bond donors (Lipinski definition) is 5. The third kappa shape index (κ3) is 30.1. The molecule has 7 aromatic heterocycles. The second-order valence-electron chi connectivity index (χ2n) is 25.4. The molecular weight excluding hydrogens is 1620 g/mol. The maximum absolute atomic E-state index is 13.8. The van der Waals surface area contributed by atoms with E-state index in [1.165, 1.54) is 36.5 Å². The number of carbonyl (C=O) groups excluding carboxylic acids is 5. The molecule has 0 aliphatic heterocycles. The van der Waals surface area contributed by atoms with Gasteiger partial charge >= 0.3 is 0 Å². The monoisotopic (exact) mass is 1700 g/mol. The number of carbonyl (C=O) groups is 5. The fraction of sp³-hybridized carbons (Fsp3) is 0.0737. The van der Waals surface area contributed by atoms with Gasteiger partial charge in [0.1, 0.15) is 80.5 Å². The number of hydrogen-bond acceptors (Lipinski definition) is 17. The van der Waals surface area contributed by atoms with Gasteiger partial charge in [-0.1, -0.05) is 116 Å². The van der Waals surface area contributed by atoms with Gasteiger partial charge in [0, 0.05) is 128 Å². The van der Waals surface area contributed by atoms with Crippen LogP contribution >= 0.6 is 27.5 Å². The Morgan fingerprint density at radius 2 is 0.645 bits per heavy atom. The summed E-state index contributed by atoms with van der Waals surface area (Å²) in [5.74, 6) is 2.87. The molecule has 0 aliphatic carbocycles. The molecule has 0 unspecified atom stereocenters. The zero-order valence-corrected chi connectivity index (χ0v) is 65.8. The summed E-state index contributed by atoms with van der Waals surface area (Å²) in [6.07, 6.45) is 16.3. The smallest absolute Gasteiger partial charge is 0.274 e. The van der Waals surface area contributed by atoms with E-state index in [4.69, 9.17) is 35.3 Å². The third-order valence-electron chi connectivity index (χ3n) is 15.9. The number of benzene rings is 8. The Hall–Kier alpha value is -15.2. The first-order valence-corrected chi connectivity index (χ1v) is 37.2. The average Bonchev–Trinajstić information content (AvgIpc) is 0.834. The van der Waals surface area contributed by atoms with Crippen molar-refractivity contribution < 1.29 is 56.4 Å². The van der Waals surface area contributed by atoms with Crippen LogP contribution < -0.4 is 50.3 Å². The molecule has 612 valence electrons. The van der Waals surface area contributed by atoms with Gasteiger partial charge in [0.15, 0.2) is 0 Å². The molecular formula is C95H84BrClF2N12O10. The van der Waals surface area contributed by atoms with Crippen LogP contribution in [0.5, 0.6) is 57.5 Å². The molecule has 0 saturated carbocycles. The van der Waals surface area contributed by atoms with Gasteiger partial charge in [0.2, 0.25) is 0 Å². The molecule has 0 spiro atoms. The summed E-state index contributed by atoms with van der Waals surface area (Å²) in [5.41, 5.74) is 8.08. The topological polar surface area (TPSA) is 282 Å². The lowest BCUT2D eigenvalue weighted by Crippen LogP contribution is -2.14. The average molecular weight is 1710 g/mol. The second-order valence-corrected chi connectivity index (χ2v) is 26.7. The van der Waals surface area contributed by atoms with Gasteiger partial charge in [-0.05, 0) is 210 Å². The predicted octanol–water partition coefficient (Wildman–Crippen LogP) is 24.3. The van der Waals surface area contributed by atoms with Gasteiger partial charge < -0.3 is 50.3 Å². The lowest BCUT2D eigenvalue weighted by Gasteiger charge is -2.10. The summed E-state index contributed by atoms with van der Waals surface area (Å²) in [7, 11) is 0. The van der Waals surface area contributed by atoms with Gasteiger partial charge in [0.25, 0.3) is 29.5 Å². The van der Waals surface area contributed by atoms with Gasteiger partial charge in [-0.3, -0.25) is 48.9 Å². The molecule has 0 fully saturated rings. The van der Waals surface area contributed by atoms with Crippen LogP contribution in [0.2, 0.25) is 5.02 Å². The molecule has 7 heterocycles. The number of anilines is 5. The van der Waals surface area contributed by atoms with Gasteiger partial charge in [-0.25, -0.2) is 18.7 Å². The van der Waals surface area contributed by atoms with Gasteiger partial charge in [-0.15, -0.1) is 0 Å². The zero-order valence-electron chi connectivity index (χ0n) is 63.5. The van der Waals surface area contributed by atoms with Crippen LogP contribution in [0, 0.1) is 39.3 Å². The number of halogens is 4. The number of rotatable bonds is 20. The van der Waals surface area contributed by atoms with E-state index < -0.39 is 23.4 Å². The highest BCUT2D eigenvalue weighted by atomic mass is 79.9. The van der Waals surface area contributed by atoms with Crippen molar-refractivity contribution in [1.82, 2.24) is 34.9 Å². The highest BCUT2D eigenvalue weighted by Crippen LogP contribution is 2.32. The number of aromatic nitrogens is 7. The molecule has 22 nitrogen and oxygen atoms in total. The van der Waals surface area contributed by atoms with Crippen LogP contribution in [0.1, 0.15) is 96.8 Å². The molecule has 5 N–H and O–H groups in total. The molecule has 121 heavy (non-hydrogen) atoms. The lowest BCUT2D eigenvalue weighted by atomic mass is 10.1. The number of ether oxygens (including phenoxy) is 5. The SMILES string of the molecule is C.C.C.Cc1cccc(C(=O)Nc2cc(Br)cc(Oc3cccnc3)c2)c1.Cc1cccc(C(=O)Nc2cc(F)cc(Oc3cccnc3)c2)n1.Cc1cccc(C(=O)Nc2cccc(Oc3cccnc3)c2)c1.Cc1cccc(C(=O)Nc2cccc(Oc3cccnc3)c2)n1.O=C(Nc1cccc(Oc2cccnc2)c1)c1cc(Cl)ccc1F. The van der Waals surface area contributed by atoms with E-state index in [1.54, 1.807) is 196 Å². The first-order chi connectivity index (χ1) is 57.2. The summed E-state index contributed by atoms with van der Waals surface area (Å²) in [6.45, 7) is 7.55. The summed E-state index contributed by atoms with van der Waals surface area (Å²) in [6, 6.07) is 77.6. The Morgan fingerprint density at radius 3 is 1.03 bits per heavy atom. The van der Waals surface area contributed by atoms with Crippen molar-refractivity contribution in [1.29, 1.82) is 0 Å². The molecule has 0 saturated heterocycles. The Morgan fingerprint density at radius 1 is 0.314 bits per heavy atom. The number of nitrogens with zero attached hydrogens (tertiary/aromatic N) is 7. The molecule has 0 radical (unpaired) electrons. The quantitative estimate of drug-likeness (QED) is 0.0474. The van der Waals surface area contributed by atoms with Crippen molar-refractivity contribution in [3.63, 3.8) is 0 Å². The summed E-state index contributed by atoms with van der Waals surface area (Å²) in [4.78, 5) is 89.5. The third-order valence-corrected chi connectivity index (χ3v) is 16.6. The minimum absolute atomic E-state index is 0. The van der Waals surface area contributed by atoms with E-state index in [9.17, 15) is 32.8 Å². The molecule has 0 aliphatic rings. The normalized spacial score (nSPS) is 9.95. The summed E-state index contributed by atoms with van der Waals surface area (Å²) in [5, 5.41) is 14.1. The van der Waals surface area contributed by atoms with Crippen molar-refractivity contribution in [2.24, 2.45) is 0 Å². The first-order valence-electron chi connectivity index (χ1n) is 36.1. The number of amides is 5. The fourth-order valence-electron chi connectivity index (χ4n) is 10.6. The van der Waals surface area contributed by atoms with Crippen LogP contribution in [0.4, 0.5) is 37.2 Å². The van der Waals surface area contributed by atoms with E-state index >= 15 is 0 Å². The van der Waals surface area contributed by atoms with Crippen LogP contribution in [0.25, 0.3) is 0 Å². The minimum Gasteiger partial charge on any atom is -0.456 e. The van der Waals surface area contributed by atoms with E-state index in [-0.39, 0.29) is 67.7 Å². The molecule has 8 aromatic carbocycles. The fourth-order valence-corrected chi connectivity index (χ4v) is 11.2. The van der Waals surface area contributed by atoms with Crippen molar-refractivity contribution in [3.8, 4) is 57.5 Å². The summed E-state index contributed by atoms with van der Waals surface area (Å²) >= 11 is 9.24. The molecule has 26 heteroatoms. The molecule has 15 aromatic rings. The first kappa shape index (κ1) is 91.3. The second kappa shape index (κ2) is 46.5. The van der Waals surface area contributed by atoms with Crippen molar-refractivity contribution in [2.75, 3.05) is 26.6 Å². The maximum atomic E-state index is 13.8. The van der Waals surface area contributed by atoms with Gasteiger partial charge in [0.05, 0.1) is 36.5 Å². The van der Waals surface area contributed by atoms with Crippen LogP contribution in [-0.4, -0.2) is 64.4 Å². The van der Waals surface area contributed by atoms with E-state index in [0.717, 1.165) is 33.1 Å². The highest BCUT2D eigenvalue weighted by Gasteiger charge is 2.17. The van der Waals surface area contributed by atoms with Crippen molar-refractivity contribution in [2.45, 2.75) is 50.0 Å². The lowest BCUT2D eigenvalue weighted by molar-refractivity contribution is 0.101. The van der Waals surface area contributed by atoms with Crippen LogP contribution in [0.3, 0.4) is 0 Å². The highest BCUT2D eigenvalue weighted by molar-refractivity contribution is 9.10. The predicted molar refractivity (Wildman–Crippen MR) is 473 cm³/mol. The molecule has 0 atom stereocenters. The standard InChI is InChI=1S/C19H15BrN2O2.C19H16N2O2.C18H12ClFN2O2.C18H14FN3O2.C18H15N3O2.3CH4/c1-13-4-2-5-14(8-13)19(23)22-16-9-15(20)10-18(11-16)24-17-6-3-7-21-12-17;1-14-5-2-6-15(11-14)19(22)21-16-7-3-8-17(12-16)23-18-9-4-10-20-13-18;19-12-6-7-17(20)16(9-12)18(23)22-13-3-1-4-14(10-13)24-15-5-2-8-21-11-15;1-12-4-2-6-17(21-12)18(23)22-14-8-13(19)9-16(10-14)24-15-5-3-7-20-11-15;1-13-5-2-9-17(20-13)18(22)21-14-6-3-7-15(11-14)23-16-8-4-10-19-12-16;;;/h2-12H,1H3,(H,22,23);2-13H,1H3,(H,21,22);1-11H,(H,22,23);2-11H,1H3,(H,22,23);2-12H,1H3,(H,21,22);3*1H4. The van der Waals surface area contributed by atoms with Crippen LogP contribution in [0.15, 0.2) is 339 Å². The summed E-state index contributed by atoms with van der Waals surface area (Å²) < 4.78 is 56.7. The molecule has 15 rings (SSSR count). The number of aryl methyl sites for hydroxylation is 4. The molecule has 5 amide bonds. The zero-order chi connectivity index (χ0) is 83.0. The Kier molecular flexibility index (Phi) is 35.1. The Bertz CT molecular complexity index is 5640. The van der Waals surface area contributed by atoms with Crippen LogP contribution in [-0.2, 0) is 0 Å². The van der Waals surface area contributed by atoms with Crippen molar-refractivity contribution >= 4 is 85.5 Å². The number of pyridine rings is 7. The number of nitrogens with one attached hydrogen (secondary N) is 5. The largest absolute Gasteiger partial charge is 0.456 e. The van der Waals surface area contributed by atoms with E-state index in [1.807, 2.05) is 124 Å². The van der Waals surface area contributed by atoms with E-state index in [0.29, 0.717) is 91.3 Å². The van der Waals surface area contributed by atoms with Gasteiger partial charge in [-0.2, -0.15) is 0 Å². The van der Waals surface area contributed by atoms with E-state index in [2.05, 4.69) is 77.4 Å². The molecule has 0 bridgehead atoms. The maximum Gasteiger partial charge on any atom is 0.274 e. The Labute approximate surface area is 713 Å². The Balaban J connectivity index is 0.000000187. The van der Waals surface area contributed by atoms with Crippen molar-refractivity contribution in [3.05, 3.63) is 407 Å². The minimum atomic E-state index is -0.639.